The predicted molar refractivity (Wildman–Crippen MR) is 60.5 cm³/mol. The van der Waals surface area contributed by atoms with Crippen molar-refractivity contribution in [3.05, 3.63) is 0 Å². The average molecular weight is 212 g/mol. The van der Waals surface area contributed by atoms with Crippen molar-refractivity contribution in [1.29, 1.82) is 0 Å². The van der Waals surface area contributed by atoms with Crippen molar-refractivity contribution in [3.8, 4) is 0 Å². The van der Waals surface area contributed by atoms with Gasteiger partial charge >= 0.3 is 0 Å². The number of hydrogen-bond acceptors (Lipinski definition) is 2. The molecule has 1 unspecified atom stereocenters. The number of nitrogens with two attached hydrogens (primary N) is 1. The van der Waals surface area contributed by atoms with E-state index in [0.717, 1.165) is 19.5 Å². The summed E-state index contributed by atoms with van der Waals surface area (Å²) in [4.78, 5) is 17.4. The number of likely N-dealkylation sites (tertiary alicyclic amines) is 1. The smallest absolute Gasteiger partial charge is 0.225 e. The fourth-order valence-corrected chi connectivity index (χ4v) is 1.72. The molecule has 0 aliphatic carbocycles. The molecule has 0 spiro atoms. The lowest BCUT2D eigenvalue weighted by atomic mass is 10.2. The van der Waals surface area contributed by atoms with Crippen LogP contribution in [0.3, 0.4) is 0 Å². The first-order valence-corrected chi connectivity index (χ1v) is 5.32. The fourth-order valence-electron chi connectivity index (χ4n) is 1.72. The van der Waals surface area contributed by atoms with E-state index in [1.807, 2.05) is 18.7 Å². The Bertz CT molecular complexity index is 262. The number of rotatable bonds is 2. The lowest BCUT2D eigenvalue weighted by Gasteiger charge is -2.19. The molecule has 0 aromatic heterocycles. The van der Waals surface area contributed by atoms with E-state index in [1.165, 1.54) is 0 Å². The molecular formula is C10H20N4O. The van der Waals surface area contributed by atoms with Crippen LogP contribution in [0.1, 0.15) is 20.3 Å². The Hall–Kier alpha value is -1.26. The van der Waals surface area contributed by atoms with E-state index >= 15 is 0 Å². The molecule has 5 heteroatoms. The molecule has 1 atom stereocenters. The molecule has 0 radical (unpaired) electrons. The summed E-state index contributed by atoms with van der Waals surface area (Å²) in [7, 11) is 1.65. The molecule has 1 fully saturated rings. The SMILES string of the molecule is CN=C(N)NC1CCN(C(=O)C(C)C)C1. The van der Waals surface area contributed by atoms with Crippen LogP contribution in [0.15, 0.2) is 4.99 Å². The number of nitrogens with one attached hydrogen (secondary N) is 1. The summed E-state index contributed by atoms with van der Waals surface area (Å²) in [6, 6.07) is 0.247. The Morgan fingerprint density at radius 1 is 1.60 bits per heavy atom. The number of carbonyl (C=O) groups is 1. The third kappa shape index (κ3) is 3.11. The van der Waals surface area contributed by atoms with Crippen LogP contribution in [0.4, 0.5) is 0 Å². The van der Waals surface area contributed by atoms with E-state index in [2.05, 4.69) is 10.3 Å². The van der Waals surface area contributed by atoms with E-state index in [-0.39, 0.29) is 17.9 Å². The van der Waals surface area contributed by atoms with Crippen molar-refractivity contribution in [2.75, 3.05) is 20.1 Å². The first-order chi connectivity index (χ1) is 7.04. The second-order valence-electron chi connectivity index (χ2n) is 4.18. The average Bonchev–Trinajstić information content (AvgIpc) is 2.64. The van der Waals surface area contributed by atoms with Crippen LogP contribution in [0, 0.1) is 5.92 Å². The summed E-state index contributed by atoms with van der Waals surface area (Å²) in [6.07, 6.45) is 0.939. The molecule has 0 aromatic carbocycles. The molecule has 1 heterocycles. The van der Waals surface area contributed by atoms with Crippen molar-refractivity contribution < 1.29 is 4.79 Å². The Morgan fingerprint density at radius 2 is 2.27 bits per heavy atom. The van der Waals surface area contributed by atoms with E-state index in [1.54, 1.807) is 7.05 Å². The van der Waals surface area contributed by atoms with Gasteiger partial charge in [0.15, 0.2) is 5.96 Å². The van der Waals surface area contributed by atoms with Crippen molar-refractivity contribution in [3.63, 3.8) is 0 Å². The monoisotopic (exact) mass is 212 g/mol. The molecule has 3 N–H and O–H groups in total. The third-order valence-corrected chi connectivity index (χ3v) is 2.59. The summed E-state index contributed by atoms with van der Waals surface area (Å²) in [6.45, 7) is 5.38. The number of nitrogens with zero attached hydrogens (tertiary/aromatic N) is 2. The first-order valence-electron chi connectivity index (χ1n) is 5.32. The molecule has 1 aliphatic rings. The fraction of sp³-hybridized carbons (Fsp3) is 0.800. The summed E-state index contributed by atoms with van der Waals surface area (Å²) >= 11 is 0. The molecule has 0 bridgehead atoms. The highest BCUT2D eigenvalue weighted by molar-refractivity contribution is 5.80. The van der Waals surface area contributed by atoms with Crippen LogP contribution < -0.4 is 11.1 Å². The van der Waals surface area contributed by atoms with Crippen LogP contribution >= 0.6 is 0 Å². The van der Waals surface area contributed by atoms with Gasteiger partial charge in [0.2, 0.25) is 5.91 Å². The minimum absolute atomic E-state index is 0.0703. The summed E-state index contributed by atoms with van der Waals surface area (Å²) in [5, 5.41) is 3.09. The van der Waals surface area contributed by atoms with Crippen LogP contribution in [-0.2, 0) is 4.79 Å². The Kier molecular flexibility index (Phi) is 3.94. The number of guanidine groups is 1. The molecule has 86 valence electrons. The molecule has 1 saturated heterocycles. The second kappa shape index (κ2) is 5.00. The van der Waals surface area contributed by atoms with Crippen molar-refractivity contribution in [2.45, 2.75) is 26.3 Å². The second-order valence-corrected chi connectivity index (χ2v) is 4.18. The van der Waals surface area contributed by atoms with E-state index in [4.69, 9.17) is 5.73 Å². The van der Waals surface area contributed by atoms with Gasteiger partial charge in [-0.2, -0.15) is 0 Å². The van der Waals surface area contributed by atoms with E-state index in [9.17, 15) is 4.79 Å². The standard InChI is InChI=1S/C10H20N4O/c1-7(2)9(15)14-5-4-8(6-14)13-10(11)12-3/h7-8H,4-6H2,1-3H3,(H3,11,12,13). The van der Waals surface area contributed by atoms with Crippen LogP contribution in [0.25, 0.3) is 0 Å². The maximum Gasteiger partial charge on any atom is 0.225 e. The van der Waals surface area contributed by atoms with Crippen molar-refractivity contribution in [2.24, 2.45) is 16.6 Å². The molecule has 1 aliphatic heterocycles. The molecule has 15 heavy (non-hydrogen) atoms. The lowest BCUT2D eigenvalue weighted by molar-refractivity contribution is -0.133. The lowest BCUT2D eigenvalue weighted by Crippen LogP contribution is -2.42. The number of hydrogen-bond donors (Lipinski definition) is 2. The molecule has 1 rings (SSSR count). The predicted octanol–water partition coefficient (Wildman–Crippen LogP) is -0.223. The van der Waals surface area contributed by atoms with Gasteiger partial charge in [0.05, 0.1) is 0 Å². The Morgan fingerprint density at radius 3 is 2.80 bits per heavy atom. The Labute approximate surface area is 90.7 Å². The minimum Gasteiger partial charge on any atom is -0.370 e. The molecule has 0 saturated carbocycles. The highest BCUT2D eigenvalue weighted by atomic mass is 16.2. The van der Waals surface area contributed by atoms with Gasteiger partial charge in [-0.3, -0.25) is 9.79 Å². The minimum atomic E-state index is 0.0703. The highest BCUT2D eigenvalue weighted by Gasteiger charge is 2.27. The summed E-state index contributed by atoms with van der Waals surface area (Å²) in [5.74, 6) is 0.728. The van der Waals surface area contributed by atoms with Gasteiger partial charge in [0.1, 0.15) is 0 Å². The van der Waals surface area contributed by atoms with Crippen molar-refractivity contribution >= 4 is 11.9 Å². The normalized spacial score (nSPS) is 22.3. The van der Waals surface area contributed by atoms with E-state index in [0.29, 0.717) is 5.96 Å². The van der Waals surface area contributed by atoms with E-state index < -0.39 is 0 Å². The van der Waals surface area contributed by atoms with Gasteiger partial charge in [-0.15, -0.1) is 0 Å². The van der Waals surface area contributed by atoms with Gasteiger partial charge < -0.3 is 16.0 Å². The first kappa shape index (κ1) is 11.8. The summed E-state index contributed by atoms with van der Waals surface area (Å²) < 4.78 is 0. The number of aliphatic imine (C=N–C) groups is 1. The Balaban J connectivity index is 2.42. The quantitative estimate of drug-likeness (QED) is 0.491. The van der Waals surface area contributed by atoms with Gasteiger partial charge in [0, 0.05) is 32.1 Å². The maximum absolute atomic E-state index is 11.7. The van der Waals surface area contributed by atoms with Crippen LogP contribution in [0.2, 0.25) is 0 Å². The number of amides is 1. The molecule has 1 amide bonds. The zero-order chi connectivity index (χ0) is 11.4. The van der Waals surface area contributed by atoms with Crippen LogP contribution in [0.5, 0.6) is 0 Å². The number of carbonyl (C=O) groups excluding carboxylic acids is 1. The highest BCUT2D eigenvalue weighted by Crippen LogP contribution is 2.12. The van der Waals surface area contributed by atoms with Gasteiger partial charge in [-0.25, -0.2) is 0 Å². The zero-order valence-corrected chi connectivity index (χ0v) is 9.66. The van der Waals surface area contributed by atoms with Gasteiger partial charge in [-0.05, 0) is 6.42 Å². The largest absolute Gasteiger partial charge is 0.370 e. The van der Waals surface area contributed by atoms with Crippen molar-refractivity contribution in [1.82, 2.24) is 10.2 Å². The molecule has 0 aromatic rings. The maximum atomic E-state index is 11.7. The van der Waals surface area contributed by atoms with Gasteiger partial charge in [-0.1, -0.05) is 13.8 Å². The van der Waals surface area contributed by atoms with Gasteiger partial charge in [0.25, 0.3) is 0 Å². The molecular weight excluding hydrogens is 192 g/mol. The van der Waals surface area contributed by atoms with Crippen LogP contribution in [-0.4, -0.2) is 42.9 Å². The third-order valence-electron chi connectivity index (χ3n) is 2.59. The zero-order valence-electron chi connectivity index (χ0n) is 9.66. The molecule has 5 nitrogen and oxygen atoms in total. The summed E-state index contributed by atoms with van der Waals surface area (Å²) in [5.41, 5.74) is 5.57. The topological polar surface area (TPSA) is 70.7 Å².